The number of fused-ring (bicyclic) bond motifs is 1. The Morgan fingerprint density at radius 1 is 1.58 bits per heavy atom. The van der Waals surface area contributed by atoms with E-state index in [-0.39, 0.29) is 0 Å². The maximum atomic E-state index is 10.7. The quantitative estimate of drug-likeness (QED) is 0.807. The number of amides is 2. The van der Waals surface area contributed by atoms with Crippen molar-refractivity contribution in [2.45, 2.75) is 19.9 Å². The topological polar surface area (TPSA) is 85.8 Å². The van der Waals surface area contributed by atoms with E-state index in [0.29, 0.717) is 25.4 Å². The maximum absolute atomic E-state index is 10.7. The average molecular weight is 282 g/mol. The Morgan fingerprint density at radius 2 is 2.37 bits per heavy atom. The lowest BCUT2D eigenvalue weighted by molar-refractivity contribution is 0.248. The normalized spacial score (nSPS) is 10.8. The van der Waals surface area contributed by atoms with Gasteiger partial charge >= 0.3 is 6.03 Å². The van der Waals surface area contributed by atoms with E-state index in [9.17, 15) is 4.79 Å². The fourth-order valence-electron chi connectivity index (χ4n) is 1.98. The lowest BCUT2D eigenvalue weighted by Crippen LogP contribution is -2.32. The molecule has 2 heterocycles. The van der Waals surface area contributed by atoms with Gasteiger partial charge in [0.1, 0.15) is 11.3 Å². The monoisotopic (exact) mass is 281 g/mol. The molecule has 2 aromatic rings. The molecule has 0 spiro atoms. The van der Waals surface area contributed by atoms with Crippen LogP contribution in [0.25, 0.3) is 11.2 Å². The van der Waals surface area contributed by atoms with Crippen molar-refractivity contribution in [1.29, 1.82) is 0 Å². The number of nitrogens with two attached hydrogens (primary N) is 1. The second-order valence-electron chi connectivity index (χ2n) is 4.21. The highest BCUT2D eigenvalue weighted by Crippen LogP contribution is 2.17. The molecule has 102 valence electrons. The number of aryl methyl sites for hydroxylation is 2. The third kappa shape index (κ3) is 2.96. The summed E-state index contributed by atoms with van der Waals surface area (Å²) in [6, 6.07) is 1.39. The van der Waals surface area contributed by atoms with E-state index in [0.717, 1.165) is 22.6 Å². The molecule has 2 rings (SSSR count). The van der Waals surface area contributed by atoms with Gasteiger partial charge in [-0.3, -0.25) is 0 Å². The summed E-state index contributed by atoms with van der Waals surface area (Å²) in [5.74, 6) is 1.36. The van der Waals surface area contributed by atoms with Crippen molar-refractivity contribution in [2.75, 3.05) is 12.4 Å². The molecule has 0 unspecified atom stereocenters. The predicted molar refractivity (Wildman–Crippen MR) is 74.3 cm³/mol. The van der Waals surface area contributed by atoms with E-state index in [4.69, 9.17) is 17.3 Å². The van der Waals surface area contributed by atoms with Crippen LogP contribution in [-0.2, 0) is 13.0 Å². The van der Waals surface area contributed by atoms with Gasteiger partial charge in [-0.15, -0.1) is 11.6 Å². The summed E-state index contributed by atoms with van der Waals surface area (Å²) in [6.45, 7) is 3.00. The second-order valence-corrected chi connectivity index (χ2v) is 4.59. The Balaban J connectivity index is 2.35. The molecule has 7 heteroatoms. The zero-order valence-corrected chi connectivity index (χ0v) is 11.4. The van der Waals surface area contributed by atoms with Crippen molar-refractivity contribution >= 4 is 28.8 Å². The minimum absolute atomic E-state index is 0.436. The van der Waals surface area contributed by atoms with Crippen LogP contribution in [-0.4, -0.2) is 33.0 Å². The van der Waals surface area contributed by atoms with Crippen LogP contribution in [0.1, 0.15) is 11.4 Å². The Labute approximate surface area is 116 Å². The molecule has 2 amide bonds. The molecular weight excluding hydrogens is 266 g/mol. The number of alkyl halides is 1. The van der Waals surface area contributed by atoms with Gasteiger partial charge in [-0.05, 0) is 18.6 Å². The molecule has 0 bridgehead atoms. The highest BCUT2D eigenvalue weighted by atomic mass is 35.5. The fourth-order valence-corrected chi connectivity index (χ4v) is 2.15. The van der Waals surface area contributed by atoms with Gasteiger partial charge in [-0.1, -0.05) is 0 Å². The van der Waals surface area contributed by atoms with Crippen LogP contribution < -0.4 is 11.1 Å². The summed E-state index contributed by atoms with van der Waals surface area (Å²) in [5, 5.41) is 2.56. The minimum Gasteiger partial charge on any atom is -0.352 e. The highest BCUT2D eigenvalue weighted by Gasteiger charge is 2.12. The van der Waals surface area contributed by atoms with Crippen molar-refractivity contribution < 1.29 is 4.79 Å². The van der Waals surface area contributed by atoms with Crippen LogP contribution >= 0.6 is 11.6 Å². The van der Waals surface area contributed by atoms with Gasteiger partial charge in [0.25, 0.3) is 0 Å². The number of aromatic nitrogens is 3. The van der Waals surface area contributed by atoms with Gasteiger partial charge in [-0.2, -0.15) is 0 Å². The number of primary amides is 1. The van der Waals surface area contributed by atoms with Crippen LogP contribution in [0.15, 0.2) is 12.3 Å². The van der Waals surface area contributed by atoms with Crippen LogP contribution in [0.4, 0.5) is 4.79 Å². The first kappa shape index (κ1) is 13.6. The standard InChI is InChI=1S/C12H16ClN5O/c1-8-3-5-15-11-10(8)17-9(2-4-13)18(11)7-6-16-12(14)19/h3,5H,2,4,6-7H2,1H3,(H3,14,16,19). The minimum atomic E-state index is -0.535. The van der Waals surface area contributed by atoms with E-state index in [2.05, 4.69) is 15.3 Å². The van der Waals surface area contributed by atoms with Gasteiger partial charge in [0.15, 0.2) is 5.65 Å². The fraction of sp³-hybridized carbons (Fsp3) is 0.417. The number of hydrogen-bond donors (Lipinski definition) is 2. The van der Waals surface area contributed by atoms with Gasteiger partial charge in [0.05, 0.1) is 0 Å². The molecule has 0 aliphatic rings. The molecule has 3 N–H and O–H groups in total. The third-order valence-corrected chi connectivity index (χ3v) is 3.06. The molecule has 0 radical (unpaired) electrons. The van der Waals surface area contributed by atoms with E-state index in [1.807, 2.05) is 17.6 Å². The number of rotatable bonds is 5. The Bertz CT molecular complexity index is 595. The summed E-state index contributed by atoms with van der Waals surface area (Å²) >= 11 is 5.80. The highest BCUT2D eigenvalue weighted by molar-refractivity contribution is 6.17. The van der Waals surface area contributed by atoms with E-state index in [1.165, 1.54) is 0 Å². The second kappa shape index (κ2) is 5.88. The molecule has 0 atom stereocenters. The molecular formula is C12H16ClN5O. The number of hydrogen-bond acceptors (Lipinski definition) is 3. The number of carbonyl (C=O) groups excluding carboxylic acids is 1. The lowest BCUT2D eigenvalue weighted by Gasteiger charge is -2.08. The molecule has 19 heavy (non-hydrogen) atoms. The first-order valence-corrected chi connectivity index (χ1v) is 6.57. The largest absolute Gasteiger partial charge is 0.352 e. The van der Waals surface area contributed by atoms with Crippen molar-refractivity contribution in [3.05, 3.63) is 23.7 Å². The van der Waals surface area contributed by atoms with E-state index < -0.39 is 6.03 Å². The number of pyridine rings is 1. The first-order chi connectivity index (χ1) is 9.13. The Morgan fingerprint density at radius 3 is 3.05 bits per heavy atom. The number of imidazole rings is 1. The summed E-state index contributed by atoms with van der Waals surface area (Å²) in [4.78, 5) is 19.6. The number of nitrogens with zero attached hydrogens (tertiary/aromatic N) is 3. The molecule has 6 nitrogen and oxygen atoms in total. The van der Waals surface area contributed by atoms with Gasteiger partial charge in [0, 0.05) is 31.6 Å². The lowest BCUT2D eigenvalue weighted by atomic mass is 10.3. The van der Waals surface area contributed by atoms with Crippen LogP contribution in [0.5, 0.6) is 0 Å². The van der Waals surface area contributed by atoms with Crippen LogP contribution in [0.3, 0.4) is 0 Å². The predicted octanol–water partition coefficient (Wildman–Crippen LogP) is 1.19. The van der Waals surface area contributed by atoms with Crippen molar-refractivity contribution in [2.24, 2.45) is 5.73 Å². The van der Waals surface area contributed by atoms with Gasteiger partial charge < -0.3 is 15.6 Å². The maximum Gasteiger partial charge on any atom is 0.312 e. The van der Waals surface area contributed by atoms with E-state index >= 15 is 0 Å². The molecule has 2 aromatic heterocycles. The summed E-state index contributed by atoms with van der Waals surface area (Å²) in [7, 11) is 0. The molecule has 0 fully saturated rings. The first-order valence-electron chi connectivity index (χ1n) is 6.03. The molecule has 0 aromatic carbocycles. The van der Waals surface area contributed by atoms with Gasteiger partial charge in [0.2, 0.25) is 0 Å². The smallest absolute Gasteiger partial charge is 0.312 e. The summed E-state index contributed by atoms with van der Waals surface area (Å²) < 4.78 is 1.97. The molecule has 0 aliphatic carbocycles. The van der Waals surface area contributed by atoms with Crippen LogP contribution in [0.2, 0.25) is 0 Å². The molecule has 0 saturated heterocycles. The van der Waals surface area contributed by atoms with Crippen molar-refractivity contribution in [3.8, 4) is 0 Å². The zero-order chi connectivity index (χ0) is 13.8. The van der Waals surface area contributed by atoms with Crippen molar-refractivity contribution in [3.63, 3.8) is 0 Å². The number of urea groups is 1. The number of nitrogens with one attached hydrogen (secondary N) is 1. The summed E-state index contributed by atoms with van der Waals surface area (Å²) in [6.07, 6.45) is 2.41. The summed E-state index contributed by atoms with van der Waals surface area (Å²) in [5.41, 5.74) is 7.81. The van der Waals surface area contributed by atoms with E-state index in [1.54, 1.807) is 6.20 Å². The van der Waals surface area contributed by atoms with Crippen LogP contribution in [0, 0.1) is 6.92 Å². The third-order valence-electron chi connectivity index (χ3n) is 2.87. The Hall–Kier alpha value is -1.82. The average Bonchev–Trinajstić information content (AvgIpc) is 2.70. The molecule has 0 aliphatic heterocycles. The van der Waals surface area contributed by atoms with Crippen molar-refractivity contribution in [1.82, 2.24) is 19.9 Å². The number of halogens is 1. The Kier molecular flexibility index (Phi) is 4.21. The molecule has 0 saturated carbocycles. The zero-order valence-electron chi connectivity index (χ0n) is 10.7. The SMILES string of the molecule is Cc1ccnc2c1nc(CCCl)n2CCNC(N)=O. The van der Waals surface area contributed by atoms with Gasteiger partial charge in [-0.25, -0.2) is 14.8 Å². The number of carbonyl (C=O) groups is 1.